The van der Waals surface area contributed by atoms with Gasteiger partial charge >= 0.3 is 5.97 Å². The summed E-state index contributed by atoms with van der Waals surface area (Å²) in [6.45, 7) is 1.75. The predicted molar refractivity (Wildman–Crippen MR) is 68.4 cm³/mol. The van der Waals surface area contributed by atoms with Gasteiger partial charge in [0.25, 0.3) is 10.0 Å². The zero-order chi connectivity index (χ0) is 13.6. The molecule has 18 heavy (non-hydrogen) atoms. The van der Waals surface area contributed by atoms with E-state index in [1.54, 1.807) is 12.3 Å². The van der Waals surface area contributed by atoms with Crippen LogP contribution in [0.25, 0.3) is 0 Å². The molecule has 0 aliphatic carbocycles. The number of carboxylic acid groups (broad SMARTS) is 1. The molecular formula is C10H12ClNO4S2. The van der Waals surface area contributed by atoms with E-state index in [0.29, 0.717) is 6.42 Å². The average Bonchev–Trinajstić information content (AvgIpc) is 2.86. The van der Waals surface area contributed by atoms with E-state index >= 15 is 0 Å². The zero-order valence-corrected chi connectivity index (χ0v) is 12.0. The maximum Gasteiger partial charge on any atom is 0.310 e. The van der Waals surface area contributed by atoms with Gasteiger partial charge in [-0.3, -0.25) is 4.79 Å². The maximum atomic E-state index is 12.3. The average molecular weight is 310 g/mol. The number of hydrogen-bond donors (Lipinski definition) is 1. The molecule has 0 radical (unpaired) electrons. The Morgan fingerprint density at radius 1 is 1.61 bits per heavy atom. The van der Waals surface area contributed by atoms with Crippen LogP contribution in [0.1, 0.15) is 13.3 Å². The monoisotopic (exact) mass is 309 g/mol. The number of hydrogen-bond acceptors (Lipinski definition) is 4. The molecule has 1 unspecified atom stereocenters. The highest BCUT2D eigenvalue weighted by Gasteiger charge is 2.45. The molecular weight excluding hydrogens is 298 g/mol. The summed E-state index contributed by atoms with van der Waals surface area (Å²) in [5.41, 5.74) is -1.02. The molecule has 5 nitrogen and oxygen atoms in total. The molecule has 1 atom stereocenters. The first-order chi connectivity index (χ1) is 8.27. The molecule has 0 saturated carbocycles. The van der Waals surface area contributed by atoms with Crippen molar-refractivity contribution in [2.24, 2.45) is 5.41 Å². The minimum atomic E-state index is -3.67. The molecule has 2 heterocycles. The van der Waals surface area contributed by atoms with Crippen LogP contribution in [0, 0.1) is 5.41 Å². The molecule has 100 valence electrons. The van der Waals surface area contributed by atoms with Crippen molar-refractivity contribution in [3.63, 3.8) is 0 Å². The van der Waals surface area contributed by atoms with Gasteiger partial charge in [0.15, 0.2) is 4.21 Å². The van der Waals surface area contributed by atoms with Gasteiger partial charge in [-0.1, -0.05) is 11.6 Å². The van der Waals surface area contributed by atoms with Crippen molar-refractivity contribution in [3.8, 4) is 0 Å². The highest BCUT2D eigenvalue weighted by atomic mass is 35.5. The number of thiophene rings is 1. The Balaban J connectivity index is 2.30. The Morgan fingerprint density at radius 3 is 2.72 bits per heavy atom. The lowest BCUT2D eigenvalue weighted by atomic mass is 9.90. The summed E-state index contributed by atoms with van der Waals surface area (Å²) in [7, 11) is -3.67. The molecule has 0 bridgehead atoms. The Bertz CT molecular complexity index is 582. The molecule has 2 rings (SSSR count). The van der Waals surface area contributed by atoms with E-state index in [1.165, 1.54) is 10.4 Å². The lowest BCUT2D eigenvalue weighted by Crippen LogP contribution is -2.34. The lowest BCUT2D eigenvalue weighted by Gasteiger charge is -2.19. The Labute approximate surface area is 114 Å². The van der Waals surface area contributed by atoms with Gasteiger partial charge in [-0.05, 0) is 24.8 Å². The van der Waals surface area contributed by atoms with Crippen LogP contribution >= 0.6 is 22.9 Å². The number of sulfonamides is 1. The van der Waals surface area contributed by atoms with Crippen molar-refractivity contribution in [1.82, 2.24) is 4.31 Å². The maximum absolute atomic E-state index is 12.3. The van der Waals surface area contributed by atoms with Crippen molar-refractivity contribution in [3.05, 3.63) is 16.5 Å². The molecule has 1 fully saturated rings. The quantitative estimate of drug-likeness (QED) is 0.925. The molecule has 1 aromatic rings. The van der Waals surface area contributed by atoms with Crippen LogP contribution in [0.5, 0.6) is 0 Å². The fourth-order valence-electron chi connectivity index (χ4n) is 1.88. The van der Waals surface area contributed by atoms with Crippen LogP contribution in [0.15, 0.2) is 15.7 Å². The van der Waals surface area contributed by atoms with Crippen LogP contribution in [0.4, 0.5) is 0 Å². The summed E-state index contributed by atoms with van der Waals surface area (Å²) in [6, 6.07) is 1.52. The second-order valence-electron chi connectivity index (χ2n) is 4.51. The molecule has 8 heteroatoms. The van der Waals surface area contributed by atoms with Gasteiger partial charge in [-0.25, -0.2) is 8.42 Å². The Morgan fingerprint density at radius 2 is 2.28 bits per heavy atom. The first kappa shape index (κ1) is 13.8. The van der Waals surface area contributed by atoms with Crippen LogP contribution in [-0.2, 0) is 14.8 Å². The summed E-state index contributed by atoms with van der Waals surface area (Å²) in [5.74, 6) is -0.975. The van der Waals surface area contributed by atoms with Crippen molar-refractivity contribution < 1.29 is 18.3 Å². The van der Waals surface area contributed by atoms with Crippen LogP contribution in [-0.4, -0.2) is 36.9 Å². The Kier molecular flexibility index (Phi) is 3.44. The standard InChI is InChI=1S/C10H12ClNO4S2/c1-10(9(13)14)3-4-12(6-10)18(15,16)8-7(11)2-5-17-8/h2,5H,3-4,6H2,1H3,(H,13,14). The SMILES string of the molecule is CC1(C(=O)O)CCN(S(=O)(=O)c2sccc2Cl)C1. The molecule has 1 aliphatic rings. The van der Waals surface area contributed by atoms with Crippen LogP contribution in [0.2, 0.25) is 5.02 Å². The fourth-order valence-corrected chi connectivity index (χ4v) is 5.26. The van der Waals surface area contributed by atoms with Crippen LogP contribution in [0.3, 0.4) is 0 Å². The third-order valence-corrected chi connectivity index (χ3v) is 6.96. The fraction of sp³-hybridized carbons (Fsp3) is 0.500. The van der Waals surface area contributed by atoms with Crippen LogP contribution < -0.4 is 0 Å². The summed E-state index contributed by atoms with van der Waals surface area (Å²) in [6.07, 6.45) is 0.310. The molecule has 0 spiro atoms. The largest absolute Gasteiger partial charge is 0.481 e. The molecule has 1 saturated heterocycles. The highest BCUT2D eigenvalue weighted by molar-refractivity contribution is 7.91. The van der Waals surface area contributed by atoms with Gasteiger partial charge in [0, 0.05) is 13.1 Å². The normalized spacial score (nSPS) is 25.4. The van der Waals surface area contributed by atoms with E-state index in [2.05, 4.69) is 0 Å². The number of rotatable bonds is 3. The van der Waals surface area contributed by atoms with E-state index in [4.69, 9.17) is 16.7 Å². The van der Waals surface area contributed by atoms with E-state index in [-0.39, 0.29) is 22.3 Å². The van der Waals surface area contributed by atoms with Crippen molar-refractivity contribution >= 4 is 38.9 Å². The predicted octanol–water partition coefficient (Wildman–Crippen LogP) is 1.89. The van der Waals surface area contributed by atoms with Crippen molar-refractivity contribution in [2.75, 3.05) is 13.1 Å². The van der Waals surface area contributed by atoms with E-state index in [0.717, 1.165) is 11.3 Å². The third-order valence-electron chi connectivity index (χ3n) is 3.11. The summed E-state index contributed by atoms with van der Waals surface area (Å²) in [5, 5.41) is 10.9. The van der Waals surface area contributed by atoms with E-state index < -0.39 is 21.4 Å². The minimum Gasteiger partial charge on any atom is -0.481 e. The highest BCUT2D eigenvalue weighted by Crippen LogP contribution is 2.37. The number of aliphatic carboxylic acids is 1. The van der Waals surface area contributed by atoms with Gasteiger partial charge in [-0.15, -0.1) is 11.3 Å². The number of halogens is 1. The second kappa shape index (κ2) is 4.48. The van der Waals surface area contributed by atoms with Gasteiger partial charge in [-0.2, -0.15) is 4.31 Å². The number of carboxylic acids is 1. The third kappa shape index (κ3) is 2.16. The number of carbonyl (C=O) groups is 1. The van der Waals surface area contributed by atoms with E-state index in [1.807, 2.05) is 0 Å². The topological polar surface area (TPSA) is 74.7 Å². The van der Waals surface area contributed by atoms with Gasteiger partial charge in [0.1, 0.15) is 0 Å². The van der Waals surface area contributed by atoms with Gasteiger partial charge in [0.2, 0.25) is 0 Å². The second-order valence-corrected chi connectivity index (χ2v) is 7.97. The molecule has 1 aromatic heterocycles. The molecule has 0 aromatic carbocycles. The molecule has 0 amide bonds. The van der Waals surface area contributed by atoms with E-state index in [9.17, 15) is 13.2 Å². The molecule has 1 N–H and O–H groups in total. The summed E-state index contributed by atoms with van der Waals surface area (Å²) < 4.78 is 25.8. The Hall–Kier alpha value is -0.630. The summed E-state index contributed by atoms with van der Waals surface area (Å²) in [4.78, 5) is 11.1. The lowest BCUT2D eigenvalue weighted by molar-refractivity contribution is -0.146. The zero-order valence-electron chi connectivity index (χ0n) is 9.59. The first-order valence-electron chi connectivity index (χ1n) is 5.24. The smallest absolute Gasteiger partial charge is 0.310 e. The van der Waals surface area contributed by atoms with Gasteiger partial charge in [0.05, 0.1) is 10.4 Å². The molecule has 1 aliphatic heterocycles. The summed E-state index contributed by atoms with van der Waals surface area (Å²) >= 11 is 6.87. The number of nitrogens with zero attached hydrogens (tertiary/aromatic N) is 1. The first-order valence-corrected chi connectivity index (χ1v) is 7.94. The minimum absolute atomic E-state index is 0.0150. The van der Waals surface area contributed by atoms with Crippen molar-refractivity contribution in [2.45, 2.75) is 17.6 Å². The van der Waals surface area contributed by atoms with Crippen molar-refractivity contribution in [1.29, 1.82) is 0 Å². The van der Waals surface area contributed by atoms with Gasteiger partial charge < -0.3 is 5.11 Å².